The SMILES string of the molecule is Cc1cccnc1NC(=O)[C@H]1CCCN(c2cc(Cl)nc(N)n2)C1. The van der Waals surface area contributed by atoms with Gasteiger partial charge < -0.3 is 16.0 Å². The van der Waals surface area contributed by atoms with Gasteiger partial charge in [0.1, 0.15) is 16.8 Å². The first-order chi connectivity index (χ1) is 11.5. The molecule has 0 radical (unpaired) electrons. The van der Waals surface area contributed by atoms with Crippen LogP contribution in [0.3, 0.4) is 0 Å². The smallest absolute Gasteiger partial charge is 0.230 e. The zero-order valence-corrected chi connectivity index (χ0v) is 14.1. The van der Waals surface area contributed by atoms with Crippen LogP contribution in [0.4, 0.5) is 17.6 Å². The Kier molecular flexibility index (Phi) is 4.80. The number of rotatable bonds is 3. The molecule has 0 unspecified atom stereocenters. The van der Waals surface area contributed by atoms with Gasteiger partial charge in [0.15, 0.2) is 0 Å². The summed E-state index contributed by atoms with van der Waals surface area (Å²) in [6.45, 7) is 3.28. The van der Waals surface area contributed by atoms with Crippen LogP contribution in [0.25, 0.3) is 0 Å². The van der Waals surface area contributed by atoms with Gasteiger partial charge in [-0.15, -0.1) is 0 Å². The van der Waals surface area contributed by atoms with E-state index in [1.165, 1.54) is 0 Å². The van der Waals surface area contributed by atoms with Crippen molar-refractivity contribution in [2.75, 3.05) is 29.0 Å². The number of halogens is 1. The van der Waals surface area contributed by atoms with E-state index < -0.39 is 0 Å². The summed E-state index contributed by atoms with van der Waals surface area (Å²) >= 11 is 5.95. The Balaban J connectivity index is 1.71. The first-order valence-corrected chi connectivity index (χ1v) is 8.18. The normalized spacial score (nSPS) is 17.6. The molecule has 7 nitrogen and oxygen atoms in total. The maximum atomic E-state index is 12.6. The average molecular weight is 347 g/mol. The van der Waals surface area contributed by atoms with E-state index in [0.29, 0.717) is 23.3 Å². The minimum atomic E-state index is -0.143. The third-order valence-corrected chi connectivity index (χ3v) is 4.26. The van der Waals surface area contributed by atoms with Crippen LogP contribution >= 0.6 is 11.6 Å². The number of nitrogens with one attached hydrogen (secondary N) is 1. The Hall–Kier alpha value is -2.41. The predicted molar refractivity (Wildman–Crippen MR) is 94.0 cm³/mol. The van der Waals surface area contributed by atoms with Crippen LogP contribution in [0.5, 0.6) is 0 Å². The third kappa shape index (κ3) is 3.73. The molecule has 1 amide bonds. The highest BCUT2D eigenvalue weighted by molar-refractivity contribution is 6.29. The topological polar surface area (TPSA) is 97.0 Å². The first kappa shape index (κ1) is 16.4. The highest BCUT2D eigenvalue weighted by Crippen LogP contribution is 2.25. The van der Waals surface area contributed by atoms with Gasteiger partial charge in [-0.25, -0.2) is 9.97 Å². The van der Waals surface area contributed by atoms with E-state index in [4.69, 9.17) is 17.3 Å². The second-order valence-electron chi connectivity index (χ2n) is 5.85. The second kappa shape index (κ2) is 7.00. The summed E-state index contributed by atoms with van der Waals surface area (Å²) in [6.07, 6.45) is 3.38. The molecule has 3 N–H and O–H groups in total. The Morgan fingerprint density at radius 3 is 3.04 bits per heavy atom. The molecule has 126 valence electrons. The number of nitrogen functional groups attached to an aromatic ring is 1. The molecule has 2 aromatic heterocycles. The van der Waals surface area contributed by atoms with Crippen LogP contribution in [0.1, 0.15) is 18.4 Å². The molecule has 1 atom stereocenters. The molecule has 0 bridgehead atoms. The summed E-state index contributed by atoms with van der Waals surface area (Å²) in [6, 6.07) is 5.43. The molecule has 0 spiro atoms. The number of hydrogen-bond donors (Lipinski definition) is 2. The summed E-state index contributed by atoms with van der Waals surface area (Å²) in [4.78, 5) is 26.9. The molecule has 1 aliphatic rings. The Morgan fingerprint density at radius 2 is 2.29 bits per heavy atom. The average Bonchev–Trinajstić information content (AvgIpc) is 2.56. The molecule has 3 heterocycles. The molecule has 0 aliphatic carbocycles. The van der Waals surface area contributed by atoms with Crippen molar-refractivity contribution >= 4 is 35.1 Å². The number of aromatic nitrogens is 3. The van der Waals surface area contributed by atoms with E-state index in [1.54, 1.807) is 12.3 Å². The maximum Gasteiger partial charge on any atom is 0.230 e. The Bertz CT molecular complexity index is 733. The van der Waals surface area contributed by atoms with Crippen LogP contribution in [-0.4, -0.2) is 33.9 Å². The number of nitrogens with two attached hydrogens (primary N) is 1. The van der Waals surface area contributed by atoms with E-state index in [0.717, 1.165) is 24.9 Å². The summed E-state index contributed by atoms with van der Waals surface area (Å²) in [5.41, 5.74) is 6.60. The maximum absolute atomic E-state index is 12.6. The minimum Gasteiger partial charge on any atom is -0.368 e. The van der Waals surface area contributed by atoms with Crippen LogP contribution in [0, 0.1) is 12.8 Å². The van der Waals surface area contributed by atoms with Crippen LogP contribution in [-0.2, 0) is 4.79 Å². The summed E-state index contributed by atoms with van der Waals surface area (Å²) in [5, 5.41) is 3.21. The molecule has 1 fully saturated rings. The molecule has 0 aromatic carbocycles. The Morgan fingerprint density at radius 1 is 1.46 bits per heavy atom. The molecular weight excluding hydrogens is 328 g/mol. The lowest BCUT2D eigenvalue weighted by molar-refractivity contribution is -0.120. The number of carbonyl (C=O) groups excluding carboxylic acids is 1. The minimum absolute atomic E-state index is 0.0328. The lowest BCUT2D eigenvalue weighted by Gasteiger charge is -2.32. The number of pyridine rings is 1. The van der Waals surface area contributed by atoms with Crippen LogP contribution in [0.2, 0.25) is 5.15 Å². The van der Waals surface area contributed by atoms with Crippen molar-refractivity contribution in [2.24, 2.45) is 5.92 Å². The van der Waals surface area contributed by atoms with Crippen molar-refractivity contribution in [3.8, 4) is 0 Å². The lowest BCUT2D eigenvalue weighted by atomic mass is 9.97. The predicted octanol–water partition coefficient (Wildman–Crippen LogP) is 2.27. The van der Waals surface area contributed by atoms with Crippen molar-refractivity contribution in [1.82, 2.24) is 15.0 Å². The van der Waals surface area contributed by atoms with E-state index >= 15 is 0 Å². The fraction of sp³-hybridized carbons (Fsp3) is 0.375. The van der Waals surface area contributed by atoms with Crippen LogP contribution < -0.4 is 16.0 Å². The molecule has 1 saturated heterocycles. The Labute approximate surface area is 145 Å². The molecule has 1 aliphatic heterocycles. The molecule has 0 saturated carbocycles. The van der Waals surface area contributed by atoms with Crippen LogP contribution in [0.15, 0.2) is 24.4 Å². The van der Waals surface area contributed by atoms with Gasteiger partial charge in [-0.2, -0.15) is 4.98 Å². The third-order valence-electron chi connectivity index (χ3n) is 4.07. The van der Waals surface area contributed by atoms with Gasteiger partial charge in [-0.1, -0.05) is 17.7 Å². The molecule has 2 aromatic rings. The zero-order valence-electron chi connectivity index (χ0n) is 13.4. The quantitative estimate of drug-likeness (QED) is 0.827. The van der Waals surface area contributed by atoms with Gasteiger partial charge in [0.25, 0.3) is 0 Å². The molecule has 3 rings (SSSR count). The second-order valence-corrected chi connectivity index (χ2v) is 6.24. The highest BCUT2D eigenvalue weighted by Gasteiger charge is 2.27. The fourth-order valence-electron chi connectivity index (χ4n) is 2.82. The van der Waals surface area contributed by atoms with Crippen molar-refractivity contribution in [1.29, 1.82) is 0 Å². The number of piperidine rings is 1. The van der Waals surface area contributed by atoms with Gasteiger partial charge in [-0.3, -0.25) is 4.79 Å². The number of hydrogen-bond acceptors (Lipinski definition) is 6. The lowest BCUT2D eigenvalue weighted by Crippen LogP contribution is -2.41. The van der Waals surface area contributed by atoms with Crippen molar-refractivity contribution in [3.63, 3.8) is 0 Å². The summed E-state index contributed by atoms with van der Waals surface area (Å²) < 4.78 is 0. The van der Waals surface area contributed by atoms with Gasteiger partial charge in [0.2, 0.25) is 11.9 Å². The first-order valence-electron chi connectivity index (χ1n) is 7.80. The zero-order chi connectivity index (χ0) is 17.1. The number of amides is 1. The summed E-state index contributed by atoms with van der Waals surface area (Å²) in [7, 11) is 0. The van der Waals surface area contributed by atoms with Crippen molar-refractivity contribution < 1.29 is 4.79 Å². The van der Waals surface area contributed by atoms with Crippen molar-refractivity contribution in [3.05, 3.63) is 35.1 Å². The monoisotopic (exact) mass is 346 g/mol. The van der Waals surface area contributed by atoms with Gasteiger partial charge >= 0.3 is 0 Å². The number of anilines is 3. The van der Waals surface area contributed by atoms with Gasteiger partial charge in [-0.05, 0) is 31.4 Å². The number of aryl methyl sites for hydroxylation is 1. The van der Waals surface area contributed by atoms with E-state index in [-0.39, 0.29) is 17.8 Å². The summed E-state index contributed by atoms with van der Waals surface area (Å²) in [5.74, 6) is 1.21. The highest BCUT2D eigenvalue weighted by atomic mass is 35.5. The fourth-order valence-corrected chi connectivity index (χ4v) is 3.00. The molecular formula is C16H19ClN6O. The van der Waals surface area contributed by atoms with Gasteiger partial charge in [0, 0.05) is 25.4 Å². The number of nitrogens with zero attached hydrogens (tertiary/aromatic N) is 4. The van der Waals surface area contributed by atoms with Crippen molar-refractivity contribution in [2.45, 2.75) is 19.8 Å². The standard InChI is InChI=1S/C16H19ClN6O/c1-10-4-2-6-19-14(10)22-15(24)11-5-3-7-23(9-11)13-8-12(17)20-16(18)21-13/h2,4,6,8,11H,3,5,7,9H2,1H3,(H2,18,20,21)(H,19,22,24)/t11-/m0/s1. The van der Waals surface area contributed by atoms with E-state index in [2.05, 4.69) is 20.3 Å². The molecule has 8 heteroatoms. The molecule has 24 heavy (non-hydrogen) atoms. The number of carbonyl (C=O) groups is 1. The van der Waals surface area contributed by atoms with Gasteiger partial charge in [0.05, 0.1) is 5.92 Å². The van der Waals surface area contributed by atoms with E-state index in [1.807, 2.05) is 24.0 Å². The van der Waals surface area contributed by atoms with E-state index in [9.17, 15) is 4.79 Å². The largest absolute Gasteiger partial charge is 0.368 e.